The third-order valence-corrected chi connectivity index (χ3v) is 5.52. The molecule has 136 valence electrons. The lowest BCUT2D eigenvalue weighted by atomic mass is 10.0. The van der Waals surface area contributed by atoms with Gasteiger partial charge in [-0.1, -0.05) is 60.2 Å². The number of fused-ring (bicyclic) bond motifs is 1. The molecule has 0 saturated carbocycles. The lowest BCUT2D eigenvalue weighted by Gasteiger charge is -2.11. The van der Waals surface area contributed by atoms with E-state index in [1.165, 1.54) is 15.9 Å². The SMILES string of the molecule is Cc1ccc(-c2csc3nc(Cc4ccccc4)n(CCF)c(=O)c23)cc1. The van der Waals surface area contributed by atoms with Gasteiger partial charge in [0.25, 0.3) is 5.56 Å². The Morgan fingerprint density at radius 2 is 1.81 bits per heavy atom. The lowest BCUT2D eigenvalue weighted by molar-refractivity contribution is 0.433. The zero-order valence-corrected chi connectivity index (χ0v) is 15.8. The van der Waals surface area contributed by atoms with Crippen molar-refractivity contribution in [3.63, 3.8) is 0 Å². The molecule has 2 aromatic heterocycles. The van der Waals surface area contributed by atoms with Gasteiger partial charge in [0, 0.05) is 17.4 Å². The molecule has 4 aromatic rings. The molecule has 0 bridgehead atoms. The number of hydrogen-bond donors (Lipinski definition) is 0. The van der Waals surface area contributed by atoms with Gasteiger partial charge in [-0.2, -0.15) is 0 Å². The first kappa shape index (κ1) is 17.6. The molecule has 0 aliphatic rings. The quantitative estimate of drug-likeness (QED) is 0.490. The van der Waals surface area contributed by atoms with Gasteiger partial charge in [-0.05, 0) is 18.1 Å². The van der Waals surface area contributed by atoms with E-state index in [9.17, 15) is 9.18 Å². The number of alkyl halides is 1. The van der Waals surface area contributed by atoms with Crippen molar-refractivity contribution in [2.75, 3.05) is 6.67 Å². The van der Waals surface area contributed by atoms with Crippen LogP contribution in [0.25, 0.3) is 21.3 Å². The minimum Gasteiger partial charge on any atom is -0.293 e. The Kier molecular flexibility index (Phi) is 4.86. The smallest absolute Gasteiger partial charge is 0.262 e. The molecule has 2 aromatic carbocycles. The van der Waals surface area contributed by atoms with Gasteiger partial charge >= 0.3 is 0 Å². The van der Waals surface area contributed by atoms with E-state index < -0.39 is 6.67 Å². The Morgan fingerprint density at radius 3 is 2.52 bits per heavy atom. The Labute approximate surface area is 160 Å². The predicted molar refractivity (Wildman–Crippen MR) is 109 cm³/mol. The number of thiophene rings is 1. The normalized spacial score (nSPS) is 11.2. The zero-order valence-electron chi connectivity index (χ0n) is 15.0. The summed E-state index contributed by atoms with van der Waals surface area (Å²) in [5.41, 5.74) is 3.89. The molecule has 0 aliphatic heterocycles. The first-order valence-electron chi connectivity index (χ1n) is 8.85. The molecule has 0 atom stereocenters. The second-order valence-electron chi connectivity index (χ2n) is 6.53. The second-order valence-corrected chi connectivity index (χ2v) is 7.39. The highest BCUT2D eigenvalue weighted by Gasteiger charge is 2.17. The van der Waals surface area contributed by atoms with Gasteiger partial charge in [-0.15, -0.1) is 11.3 Å². The molecule has 0 aliphatic carbocycles. The molecule has 0 unspecified atom stereocenters. The molecular weight excluding hydrogens is 359 g/mol. The number of halogens is 1. The summed E-state index contributed by atoms with van der Waals surface area (Å²) in [6.45, 7) is 1.45. The molecule has 0 fully saturated rings. The van der Waals surface area contributed by atoms with Crippen molar-refractivity contribution >= 4 is 21.6 Å². The first-order valence-corrected chi connectivity index (χ1v) is 9.73. The van der Waals surface area contributed by atoms with Gasteiger partial charge in [0.15, 0.2) is 0 Å². The second kappa shape index (κ2) is 7.45. The summed E-state index contributed by atoms with van der Waals surface area (Å²) >= 11 is 1.46. The van der Waals surface area contributed by atoms with Gasteiger partial charge in [0.2, 0.25) is 0 Å². The van der Waals surface area contributed by atoms with E-state index in [0.29, 0.717) is 22.5 Å². The van der Waals surface area contributed by atoms with Crippen molar-refractivity contribution in [1.29, 1.82) is 0 Å². The van der Waals surface area contributed by atoms with Gasteiger partial charge < -0.3 is 0 Å². The zero-order chi connectivity index (χ0) is 18.8. The van der Waals surface area contributed by atoms with Crippen LogP contribution in [0, 0.1) is 6.92 Å². The maximum absolute atomic E-state index is 13.2. The maximum atomic E-state index is 13.2. The van der Waals surface area contributed by atoms with Crippen LogP contribution in [0.3, 0.4) is 0 Å². The molecule has 5 heteroatoms. The van der Waals surface area contributed by atoms with Crippen molar-refractivity contribution in [3.8, 4) is 11.1 Å². The van der Waals surface area contributed by atoms with E-state index in [0.717, 1.165) is 22.3 Å². The Balaban J connectivity index is 1.88. The van der Waals surface area contributed by atoms with Crippen LogP contribution in [-0.4, -0.2) is 16.2 Å². The summed E-state index contributed by atoms with van der Waals surface area (Å²) in [6.07, 6.45) is 0.504. The third kappa shape index (κ3) is 3.43. The molecule has 4 rings (SSSR count). The van der Waals surface area contributed by atoms with Crippen LogP contribution in [0.2, 0.25) is 0 Å². The Hall–Kier alpha value is -2.79. The van der Waals surface area contributed by atoms with Crippen molar-refractivity contribution < 1.29 is 4.39 Å². The Bertz CT molecular complexity index is 1130. The summed E-state index contributed by atoms with van der Waals surface area (Å²) in [4.78, 5) is 18.6. The maximum Gasteiger partial charge on any atom is 0.262 e. The Morgan fingerprint density at radius 1 is 1.07 bits per heavy atom. The molecule has 0 amide bonds. The van der Waals surface area contributed by atoms with Gasteiger partial charge in [-0.3, -0.25) is 9.36 Å². The lowest BCUT2D eigenvalue weighted by Crippen LogP contribution is -2.26. The number of aromatic nitrogens is 2. The minimum absolute atomic E-state index is 0.0210. The molecule has 0 N–H and O–H groups in total. The largest absolute Gasteiger partial charge is 0.293 e. The summed E-state index contributed by atoms with van der Waals surface area (Å²) < 4.78 is 14.7. The van der Waals surface area contributed by atoms with E-state index in [4.69, 9.17) is 4.98 Å². The fourth-order valence-electron chi connectivity index (χ4n) is 3.24. The number of benzene rings is 2. The highest BCUT2D eigenvalue weighted by Crippen LogP contribution is 2.31. The third-order valence-electron chi connectivity index (χ3n) is 4.65. The molecule has 0 radical (unpaired) electrons. The van der Waals surface area contributed by atoms with Crippen molar-refractivity contribution in [2.45, 2.75) is 19.9 Å². The van der Waals surface area contributed by atoms with Crippen LogP contribution in [0.1, 0.15) is 17.0 Å². The number of aryl methyl sites for hydroxylation is 1. The predicted octanol–water partition coefficient (Wildman–Crippen LogP) is 4.99. The highest BCUT2D eigenvalue weighted by atomic mass is 32.1. The van der Waals surface area contributed by atoms with Crippen LogP contribution in [0.15, 0.2) is 64.8 Å². The van der Waals surface area contributed by atoms with Gasteiger partial charge in [-0.25, -0.2) is 9.37 Å². The van der Waals surface area contributed by atoms with Crippen LogP contribution >= 0.6 is 11.3 Å². The summed E-state index contributed by atoms with van der Waals surface area (Å²) in [6, 6.07) is 17.9. The van der Waals surface area contributed by atoms with Crippen LogP contribution < -0.4 is 5.56 Å². The summed E-state index contributed by atoms with van der Waals surface area (Å²) in [5, 5.41) is 2.55. The van der Waals surface area contributed by atoms with E-state index in [1.54, 1.807) is 0 Å². The molecule has 3 nitrogen and oxygen atoms in total. The first-order chi connectivity index (χ1) is 13.2. The van der Waals surface area contributed by atoms with Crippen LogP contribution in [-0.2, 0) is 13.0 Å². The van der Waals surface area contributed by atoms with Crippen LogP contribution in [0.4, 0.5) is 4.39 Å². The summed E-state index contributed by atoms with van der Waals surface area (Å²) in [7, 11) is 0. The number of nitrogens with zero attached hydrogens (tertiary/aromatic N) is 2. The summed E-state index contributed by atoms with van der Waals surface area (Å²) in [5.74, 6) is 0.605. The molecule has 0 spiro atoms. The molecular formula is C22H19FN2OS. The van der Waals surface area contributed by atoms with E-state index in [-0.39, 0.29) is 12.1 Å². The van der Waals surface area contributed by atoms with Gasteiger partial charge in [0.1, 0.15) is 17.3 Å². The standard InChI is InChI=1S/C22H19FN2OS/c1-15-7-9-17(10-8-15)18-14-27-21-20(18)22(26)25(12-11-23)19(24-21)13-16-5-3-2-4-6-16/h2-10,14H,11-13H2,1H3. The molecule has 0 saturated heterocycles. The van der Waals surface area contributed by atoms with E-state index in [1.807, 2.05) is 66.9 Å². The number of hydrogen-bond acceptors (Lipinski definition) is 3. The van der Waals surface area contributed by atoms with Crippen molar-refractivity contribution in [1.82, 2.24) is 9.55 Å². The number of rotatable bonds is 5. The van der Waals surface area contributed by atoms with Crippen LogP contribution in [0.5, 0.6) is 0 Å². The van der Waals surface area contributed by atoms with Crippen molar-refractivity contribution in [2.24, 2.45) is 0 Å². The van der Waals surface area contributed by atoms with Gasteiger partial charge in [0.05, 0.1) is 11.9 Å². The minimum atomic E-state index is -0.598. The average Bonchev–Trinajstić information content (AvgIpc) is 3.10. The fourth-order valence-corrected chi connectivity index (χ4v) is 4.20. The topological polar surface area (TPSA) is 34.9 Å². The fraction of sp³-hybridized carbons (Fsp3) is 0.182. The molecule has 27 heavy (non-hydrogen) atoms. The van der Waals surface area contributed by atoms with E-state index in [2.05, 4.69) is 0 Å². The highest BCUT2D eigenvalue weighted by molar-refractivity contribution is 7.17. The van der Waals surface area contributed by atoms with Crippen molar-refractivity contribution in [3.05, 3.63) is 87.3 Å². The monoisotopic (exact) mass is 378 g/mol. The molecule has 2 heterocycles. The average molecular weight is 378 g/mol. The van der Waals surface area contributed by atoms with E-state index >= 15 is 0 Å².